The summed E-state index contributed by atoms with van der Waals surface area (Å²) >= 11 is 0. The molecule has 0 aliphatic carbocycles. The van der Waals surface area contributed by atoms with E-state index in [9.17, 15) is 9.59 Å². The molecule has 0 unspecified atom stereocenters. The average molecular weight is 292 g/mol. The molecule has 1 amide bonds. The topological polar surface area (TPSA) is 58.6 Å². The molecular weight excluding hydrogens is 268 g/mol. The predicted molar refractivity (Wildman–Crippen MR) is 84.5 cm³/mol. The van der Waals surface area contributed by atoms with Crippen molar-refractivity contribution in [1.29, 1.82) is 0 Å². The molecule has 0 heterocycles. The molecule has 0 saturated carbocycles. The lowest BCUT2D eigenvalue weighted by Gasteiger charge is -2.21. The summed E-state index contributed by atoms with van der Waals surface area (Å²) in [5, 5.41) is 2.78. The van der Waals surface area contributed by atoms with Crippen LogP contribution in [0.3, 0.4) is 0 Å². The molecule has 5 heteroatoms. The van der Waals surface area contributed by atoms with E-state index in [1.807, 2.05) is 24.3 Å². The van der Waals surface area contributed by atoms with Crippen molar-refractivity contribution in [2.75, 3.05) is 29.9 Å². The average Bonchev–Trinajstić information content (AvgIpc) is 2.48. The minimum atomic E-state index is -0.343. The third kappa shape index (κ3) is 5.85. The zero-order valence-electron chi connectivity index (χ0n) is 13.0. The number of rotatable bonds is 8. The van der Waals surface area contributed by atoms with Crippen LogP contribution >= 0.6 is 0 Å². The number of hydrogen-bond acceptors (Lipinski definition) is 4. The third-order valence-electron chi connectivity index (χ3n) is 3.14. The van der Waals surface area contributed by atoms with E-state index in [-0.39, 0.29) is 24.7 Å². The largest absolute Gasteiger partial charge is 0.466 e. The highest BCUT2D eigenvalue weighted by Crippen LogP contribution is 2.17. The zero-order valence-corrected chi connectivity index (χ0v) is 13.0. The van der Waals surface area contributed by atoms with Gasteiger partial charge in [0.15, 0.2) is 0 Å². The standard InChI is InChI=1S/C16H24N2O3/c1-4-18(5-2)14-9-7-13(8-10-14)17-15(19)11-12-16(20)21-6-3/h7-10H,4-6,11-12H2,1-3H3,(H,17,19). The Morgan fingerprint density at radius 3 is 2.19 bits per heavy atom. The Kier molecular flexibility index (Phi) is 7.29. The van der Waals surface area contributed by atoms with E-state index in [1.165, 1.54) is 0 Å². The fourth-order valence-corrected chi connectivity index (χ4v) is 2.02. The lowest BCUT2D eigenvalue weighted by atomic mass is 10.2. The van der Waals surface area contributed by atoms with Crippen LogP contribution in [-0.2, 0) is 14.3 Å². The number of carbonyl (C=O) groups excluding carboxylic acids is 2. The van der Waals surface area contributed by atoms with Crippen LogP contribution in [0.15, 0.2) is 24.3 Å². The predicted octanol–water partition coefficient (Wildman–Crippen LogP) is 2.81. The first kappa shape index (κ1) is 17.0. The lowest BCUT2D eigenvalue weighted by Crippen LogP contribution is -2.21. The van der Waals surface area contributed by atoms with Gasteiger partial charge in [0.25, 0.3) is 0 Å². The monoisotopic (exact) mass is 292 g/mol. The molecule has 21 heavy (non-hydrogen) atoms. The normalized spacial score (nSPS) is 10.0. The van der Waals surface area contributed by atoms with Crippen molar-refractivity contribution in [2.45, 2.75) is 33.6 Å². The fourth-order valence-electron chi connectivity index (χ4n) is 2.02. The lowest BCUT2D eigenvalue weighted by molar-refractivity contribution is -0.144. The minimum Gasteiger partial charge on any atom is -0.466 e. The fraction of sp³-hybridized carbons (Fsp3) is 0.500. The molecule has 0 aliphatic heterocycles. The Bertz CT molecular complexity index is 453. The maximum Gasteiger partial charge on any atom is 0.306 e. The number of anilines is 2. The van der Waals surface area contributed by atoms with E-state index in [0.29, 0.717) is 6.61 Å². The number of esters is 1. The number of benzene rings is 1. The highest BCUT2D eigenvalue weighted by atomic mass is 16.5. The maximum atomic E-state index is 11.7. The molecule has 0 spiro atoms. The van der Waals surface area contributed by atoms with Crippen LogP contribution in [0.5, 0.6) is 0 Å². The molecule has 116 valence electrons. The van der Waals surface area contributed by atoms with Gasteiger partial charge < -0.3 is 15.0 Å². The zero-order chi connectivity index (χ0) is 15.7. The van der Waals surface area contributed by atoms with Gasteiger partial charge in [0, 0.05) is 30.9 Å². The SMILES string of the molecule is CCOC(=O)CCC(=O)Nc1ccc(N(CC)CC)cc1. The first-order chi connectivity index (χ1) is 10.1. The molecule has 0 saturated heterocycles. The number of carbonyl (C=O) groups is 2. The van der Waals surface area contributed by atoms with Crippen molar-refractivity contribution < 1.29 is 14.3 Å². The molecule has 1 aromatic rings. The summed E-state index contributed by atoms with van der Waals surface area (Å²) in [7, 11) is 0. The molecule has 0 aromatic heterocycles. The van der Waals surface area contributed by atoms with E-state index in [2.05, 4.69) is 24.1 Å². The Balaban J connectivity index is 2.48. The van der Waals surface area contributed by atoms with Crippen LogP contribution in [0.25, 0.3) is 0 Å². The summed E-state index contributed by atoms with van der Waals surface area (Å²) in [5.74, 6) is -0.525. The highest BCUT2D eigenvalue weighted by molar-refractivity contribution is 5.92. The van der Waals surface area contributed by atoms with Crippen molar-refractivity contribution in [2.24, 2.45) is 0 Å². The summed E-state index contributed by atoms with van der Waals surface area (Å²) in [6, 6.07) is 7.70. The first-order valence-electron chi connectivity index (χ1n) is 7.41. The molecule has 0 aliphatic rings. The molecule has 1 N–H and O–H groups in total. The Morgan fingerprint density at radius 1 is 1.05 bits per heavy atom. The molecule has 5 nitrogen and oxygen atoms in total. The van der Waals surface area contributed by atoms with Gasteiger partial charge in [-0.15, -0.1) is 0 Å². The van der Waals surface area contributed by atoms with Crippen LogP contribution in [0.1, 0.15) is 33.6 Å². The van der Waals surface area contributed by atoms with E-state index in [0.717, 1.165) is 24.5 Å². The summed E-state index contributed by atoms with van der Waals surface area (Å²) < 4.78 is 4.78. The molecule has 1 aromatic carbocycles. The summed E-state index contributed by atoms with van der Waals surface area (Å²) in [4.78, 5) is 25.1. The Hall–Kier alpha value is -2.04. The van der Waals surface area contributed by atoms with Gasteiger partial charge in [0.2, 0.25) is 5.91 Å². The second-order valence-corrected chi connectivity index (χ2v) is 4.57. The van der Waals surface area contributed by atoms with Gasteiger partial charge in [0.1, 0.15) is 0 Å². The highest BCUT2D eigenvalue weighted by Gasteiger charge is 2.08. The van der Waals surface area contributed by atoms with E-state index < -0.39 is 0 Å². The number of amides is 1. The van der Waals surface area contributed by atoms with Crippen molar-refractivity contribution in [3.05, 3.63) is 24.3 Å². The van der Waals surface area contributed by atoms with Gasteiger partial charge in [-0.3, -0.25) is 9.59 Å². The summed E-state index contributed by atoms with van der Waals surface area (Å²) in [5.41, 5.74) is 1.87. The van der Waals surface area contributed by atoms with Gasteiger partial charge in [-0.1, -0.05) is 0 Å². The van der Waals surface area contributed by atoms with E-state index in [1.54, 1.807) is 6.92 Å². The second-order valence-electron chi connectivity index (χ2n) is 4.57. The van der Waals surface area contributed by atoms with Crippen molar-refractivity contribution >= 4 is 23.3 Å². The summed E-state index contributed by atoms with van der Waals surface area (Å²) in [6.07, 6.45) is 0.244. The maximum absolute atomic E-state index is 11.7. The Morgan fingerprint density at radius 2 is 1.67 bits per heavy atom. The smallest absolute Gasteiger partial charge is 0.306 e. The van der Waals surface area contributed by atoms with Gasteiger partial charge >= 0.3 is 5.97 Å². The second kappa shape index (κ2) is 9.00. The number of nitrogens with zero attached hydrogens (tertiary/aromatic N) is 1. The van der Waals surface area contributed by atoms with E-state index in [4.69, 9.17) is 4.74 Å². The van der Waals surface area contributed by atoms with Gasteiger partial charge in [-0.2, -0.15) is 0 Å². The molecule has 0 radical (unpaired) electrons. The van der Waals surface area contributed by atoms with Crippen LogP contribution in [0, 0.1) is 0 Å². The molecule has 0 bridgehead atoms. The number of nitrogens with one attached hydrogen (secondary N) is 1. The van der Waals surface area contributed by atoms with Crippen LogP contribution in [-0.4, -0.2) is 31.6 Å². The molecule has 0 fully saturated rings. The third-order valence-corrected chi connectivity index (χ3v) is 3.14. The van der Waals surface area contributed by atoms with Crippen molar-refractivity contribution in [3.8, 4) is 0 Å². The Labute approximate surface area is 126 Å². The van der Waals surface area contributed by atoms with Gasteiger partial charge in [0.05, 0.1) is 13.0 Å². The van der Waals surface area contributed by atoms with Gasteiger partial charge in [-0.25, -0.2) is 0 Å². The van der Waals surface area contributed by atoms with Crippen LogP contribution < -0.4 is 10.2 Å². The minimum absolute atomic E-state index is 0.108. The number of hydrogen-bond donors (Lipinski definition) is 1. The quantitative estimate of drug-likeness (QED) is 0.749. The van der Waals surface area contributed by atoms with Crippen molar-refractivity contribution in [3.63, 3.8) is 0 Å². The summed E-state index contributed by atoms with van der Waals surface area (Å²) in [6.45, 7) is 8.19. The molecule has 0 atom stereocenters. The molecule has 1 rings (SSSR count). The van der Waals surface area contributed by atoms with Gasteiger partial charge in [-0.05, 0) is 45.0 Å². The first-order valence-corrected chi connectivity index (χ1v) is 7.41. The van der Waals surface area contributed by atoms with Crippen LogP contribution in [0.2, 0.25) is 0 Å². The van der Waals surface area contributed by atoms with Crippen molar-refractivity contribution in [1.82, 2.24) is 0 Å². The van der Waals surface area contributed by atoms with E-state index >= 15 is 0 Å². The van der Waals surface area contributed by atoms with Crippen LogP contribution in [0.4, 0.5) is 11.4 Å². The molecular formula is C16H24N2O3. The number of ether oxygens (including phenoxy) is 1.